The predicted molar refractivity (Wildman–Crippen MR) is 105 cm³/mol. The van der Waals surface area contributed by atoms with Crippen molar-refractivity contribution in [2.45, 2.75) is 31.8 Å². The average Bonchev–Trinajstić information content (AvgIpc) is 3.34. The Labute approximate surface area is 152 Å². The van der Waals surface area contributed by atoms with Crippen LogP contribution in [0.3, 0.4) is 0 Å². The fraction of sp³-hybridized carbons (Fsp3) is 0.650. The van der Waals surface area contributed by atoms with Crippen molar-refractivity contribution < 1.29 is 0 Å². The first-order valence-electron chi connectivity index (χ1n) is 9.62. The van der Waals surface area contributed by atoms with Crippen molar-refractivity contribution >= 4 is 5.96 Å². The number of piperazine rings is 1. The number of hydrogen-bond donors (Lipinski definition) is 2. The minimum Gasteiger partial charge on any atom is -0.356 e. The Balaban J connectivity index is 1.45. The van der Waals surface area contributed by atoms with Gasteiger partial charge in [-0.15, -0.1) is 0 Å². The summed E-state index contributed by atoms with van der Waals surface area (Å²) in [6.45, 7) is 7.77. The highest BCUT2D eigenvalue weighted by atomic mass is 15.3. The molecule has 0 aromatic heterocycles. The molecule has 138 valence electrons. The third kappa shape index (κ3) is 5.19. The Morgan fingerprint density at radius 1 is 1.24 bits per heavy atom. The van der Waals surface area contributed by atoms with Gasteiger partial charge in [0.1, 0.15) is 0 Å². The molecule has 3 atom stereocenters. The summed E-state index contributed by atoms with van der Waals surface area (Å²) in [6, 6.07) is 12.0. The van der Waals surface area contributed by atoms with E-state index < -0.39 is 0 Å². The zero-order valence-electron chi connectivity index (χ0n) is 15.9. The summed E-state index contributed by atoms with van der Waals surface area (Å²) >= 11 is 0. The maximum atomic E-state index is 4.33. The lowest BCUT2D eigenvalue weighted by Gasteiger charge is -2.40. The van der Waals surface area contributed by atoms with Crippen molar-refractivity contribution in [3.8, 4) is 0 Å². The second kappa shape index (κ2) is 8.68. The Hall–Kier alpha value is -1.59. The first kappa shape index (κ1) is 18.2. The molecule has 1 aromatic carbocycles. The largest absolute Gasteiger partial charge is 0.356 e. The van der Waals surface area contributed by atoms with Gasteiger partial charge in [0.05, 0.1) is 0 Å². The van der Waals surface area contributed by atoms with Gasteiger partial charge in [0.15, 0.2) is 5.96 Å². The monoisotopic (exact) mass is 343 g/mol. The molecule has 5 heteroatoms. The molecule has 0 spiro atoms. The second-order valence-corrected chi connectivity index (χ2v) is 7.54. The summed E-state index contributed by atoms with van der Waals surface area (Å²) in [5, 5.41) is 6.95. The van der Waals surface area contributed by atoms with Crippen LogP contribution in [0.5, 0.6) is 0 Å². The summed E-state index contributed by atoms with van der Waals surface area (Å²) in [4.78, 5) is 9.41. The number of aliphatic imine (C=N–C) groups is 1. The molecular weight excluding hydrogens is 310 g/mol. The molecule has 3 rings (SSSR count). The van der Waals surface area contributed by atoms with Gasteiger partial charge < -0.3 is 15.5 Å². The Morgan fingerprint density at radius 3 is 2.68 bits per heavy atom. The number of nitrogens with zero attached hydrogens (tertiary/aromatic N) is 3. The van der Waals surface area contributed by atoms with Crippen molar-refractivity contribution in [1.82, 2.24) is 20.4 Å². The van der Waals surface area contributed by atoms with Crippen LogP contribution in [0.1, 0.15) is 31.4 Å². The van der Waals surface area contributed by atoms with E-state index in [1.54, 1.807) is 0 Å². The van der Waals surface area contributed by atoms with Gasteiger partial charge in [0.2, 0.25) is 0 Å². The predicted octanol–water partition coefficient (Wildman–Crippen LogP) is 1.94. The molecule has 1 saturated heterocycles. The van der Waals surface area contributed by atoms with Crippen molar-refractivity contribution in [1.29, 1.82) is 0 Å². The van der Waals surface area contributed by atoms with E-state index >= 15 is 0 Å². The highest BCUT2D eigenvalue weighted by Gasteiger charge is 2.33. The highest BCUT2D eigenvalue weighted by molar-refractivity contribution is 5.80. The number of likely N-dealkylation sites (N-methyl/N-ethyl adjacent to an activating group) is 1. The molecular formula is C20H33N5. The molecule has 1 heterocycles. The molecule has 25 heavy (non-hydrogen) atoms. The van der Waals surface area contributed by atoms with Gasteiger partial charge in [-0.1, -0.05) is 37.3 Å². The van der Waals surface area contributed by atoms with Crippen LogP contribution >= 0.6 is 0 Å². The molecule has 0 radical (unpaired) electrons. The van der Waals surface area contributed by atoms with Gasteiger partial charge in [-0.3, -0.25) is 9.89 Å². The van der Waals surface area contributed by atoms with Gasteiger partial charge in [-0.2, -0.15) is 0 Å². The molecule has 2 N–H and O–H groups in total. The van der Waals surface area contributed by atoms with Crippen LogP contribution in [0.15, 0.2) is 35.3 Å². The molecule has 2 aliphatic rings. The van der Waals surface area contributed by atoms with Crippen LogP contribution in [-0.4, -0.2) is 68.6 Å². The van der Waals surface area contributed by atoms with Crippen LogP contribution in [0.25, 0.3) is 0 Å². The van der Waals surface area contributed by atoms with Crippen LogP contribution in [0.2, 0.25) is 0 Å². The smallest absolute Gasteiger partial charge is 0.191 e. The lowest BCUT2D eigenvalue weighted by molar-refractivity contribution is 0.0891. The highest BCUT2D eigenvalue weighted by Crippen LogP contribution is 2.28. The van der Waals surface area contributed by atoms with Crippen molar-refractivity contribution in [2.75, 3.05) is 46.8 Å². The molecule has 0 bridgehead atoms. The number of hydrogen-bond acceptors (Lipinski definition) is 3. The van der Waals surface area contributed by atoms with E-state index in [-0.39, 0.29) is 0 Å². The van der Waals surface area contributed by atoms with Gasteiger partial charge in [-0.05, 0) is 31.4 Å². The average molecular weight is 344 g/mol. The lowest BCUT2D eigenvalue weighted by Crippen LogP contribution is -2.47. The Morgan fingerprint density at radius 2 is 2.00 bits per heavy atom. The van der Waals surface area contributed by atoms with Crippen LogP contribution < -0.4 is 10.6 Å². The first-order valence-corrected chi connectivity index (χ1v) is 9.62. The van der Waals surface area contributed by atoms with Crippen molar-refractivity contribution in [3.05, 3.63) is 35.9 Å². The third-order valence-electron chi connectivity index (χ3n) is 5.45. The third-order valence-corrected chi connectivity index (χ3v) is 5.45. The summed E-state index contributed by atoms with van der Waals surface area (Å²) in [6.07, 6.45) is 2.40. The minimum absolute atomic E-state index is 0.504. The van der Waals surface area contributed by atoms with Gasteiger partial charge in [-0.25, -0.2) is 0 Å². The maximum Gasteiger partial charge on any atom is 0.191 e. The maximum absolute atomic E-state index is 4.33. The molecule has 1 aromatic rings. The fourth-order valence-corrected chi connectivity index (χ4v) is 3.60. The Kier molecular flexibility index (Phi) is 6.32. The molecule has 5 nitrogen and oxygen atoms in total. The normalized spacial score (nSPS) is 28.0. The summed E-state index contributed by atoms with van der Waals surface area (Å²) < 4.78 is 0. The standard InChI is InChI=1S/C20H33N5/c1-16-14-18(16)23-20(21-2)22-10-7-11-25-13-12-24(3)15-19(25)17-8-5-4-6-9-17/h4-6,8-9,16,18-19H,7,10-15H2,1-3H3,(H2,21,22,23). The van der Waals surface area contributed by atoms with Crippen LogP contribution in [0.4, 0.5) is 0 Å². The van der Waals surface area contributed by atoms with Gasteiger partial charge >= 0.3 is 0 Å². The molecule has 1 saturated carbocycles. The first-order chi connectivity index (χ1) is 12.2. The quantitative estimate of drug-likeness (QED) is 0.471. The SMILES string of the molecule is CN=C(NCCCN1CCN(C)CC1c1ccccc1)NC1CC1C. The topological polar surface area (TPSA) is 42.9 Å². The van der Waals surface area contributed by atoms with Crippen molar-refractivity contribution in [3.63, 3.8) is 0 Å². The van der Waals surface area contributed by atoms with E-state index in [0.29, 0.717) is 12.1 Å². The number of rotatable bonds is 6. The molecule has 1 aliphatic heterocycles. The summed E-state index contributed by atoms with van der Waals surface area (Å²) in [7, 11) is 4.08. The number of guanidine groups is 1. The molecule has 3 unspecified atom stereocenters. The van der Waals surface area contributed by atoms with E-state index in [4.69, 9.17) is 0 Å². The zero-order chi connectivity index (χ0) is 17.6. The van der Waals surface area contributed by atoms with Crippen molar-refractivity contribution in [2.24, 2.45) is 10.9 Å². The van der Waals surface area contributed by atoms with E-state index in [9.17, 15) is 0 Å². The van der Waals surface area contributed by atoms with E-state index in [0.717, 1.165) is 51.0 Å². The van der Waals surface area contributed by atoms with E-state index in [1.165, 1.54) is 12.0 Å². The summed E-state index contributed by atoms with van der Waals surface area (Å²) in [5.41, 5.74) is 1.43. The van der Waals surface area contributed by atoms with E-state index in [2.05, 4.69) is 69.7 Å². The van der Waals surface area contributed by atoms with E-state index in [1.807, 2.05) is 7.05 Å². The molecule has 2 fully saturated rings. The second-order valence-electron chi connectivity index (χ2n) is 7.54. The zero-order valence-corrected chi connectivity index (χ0v) is 15.9. The van der Waals surface area contributed by atoms with Crippen LogP contribution in [0, 0.1) is 5.92 Å². The van der Waals surface area contributed by atoms with Gasteiger partial charge in [0, 0.05) is 51.9 Å². The minimum atomic E-state index is 0.504. The van der Waals surface area contributed by atoms with Crippen LogP contribution in [-0.2, 0) is 0 Å². The van der Waals surface area contributed by atoms with Gasteiger partial charge in [0.25, 0.3) is 0 Å². The fourth-order valence-electron chi connectivity index (χ4n) is 3.60. The number of benzene rings is 1. The molecule has 0 amide bonds. The Bertz CT molecular complexity index is 558. The number of nitrogens with one attached hydrogen (secondary N) is 2. The lowest BCUT2D eigenvalue weighted by atomic mass is 10.0. The summed E-state index contributed by atoms with van der Waals surface area (Å²) in [5.74, 6) is 1.74. The molecule has 1 aliphatic carbocycles.